The maximum atomic E-state index is 4.51. The van der Waals surface area contributed by atoms with E-state index in [0.717, 1.165) is 30.2 Å². The molecule has 1 N–H and O–H groups in total. The molecule has 0 unspecified atom stereocenters. The molecule has 0 spiro atoms. The van der Waals surface area contributed by atoms with E-state index in [0.29, 0.717) is 0 Å². The van der Waals surface area contributed by atoms with E-state index in [2.05, 4.69) is 22.2 Å². The van der Waals surface area contributed by atoms with Crippen molar-refractivity contribution in [3.63, 3.8) is 0 Å². The highest BCUT2D eigenvalue weighted by Crippen LogP contribution is 2.13. The first kappa shape index (κ1) is 10.8. The van der Waals surface area contributed by atoms with Gasteiger partial charge in [-0.05, 0) is 12.6 Å². The van der Waals surface area contributed by atoms with Crippen LogP contribution >= 0.6 is 0 Å². The lowest BCUT2D eigenvalue weighted by Gasteiger charge is -2.03. The molecule has 0 saturated heterocycles. The van der Waals surface area contributed by atoms with Crippen molar-refractivity contribution in [2.75, 3.05) is 6.54 Å². The van der Waals surface area contributed by atoms with Gasteiger partial charge in [0.2, 0.25) is 0 Å². The zero-order chi connectivity index (χ0) is 11.2. The molecule has 1 aromatic heterocycles. The number of hydrogen-bond donors (Lipinski definition) is 1. The van der Waals surface area contributed by atoms with Crippen molar-refractivity contribution in [1.29, 1.82) is 0 Å². The van der Waals surface area contributed by atoms with Crippen LogP contribution in [0.5, 0.6) is 0 Å². The van der Waals surface area contributed by atoms with Crippen molar-refractivity contribution in [2.24, 2.45) is 0 Å². The fourth-order valence-corrected chi connectivity index (χ4v) is 1.47. The van der Waals surface area contributed by atoms with Crippen molar-refractivity contribution in [3.8, 4) is 11.4 Å². The molecular weight excluding hydrogens is 198 g/mol. The Bertz CT molecular complexity index is 440. The topological polar surface area (TPSA) is 37.8 Å². The van der Waals surface area contributed by atoms with Gasteiger partial charge in [-0.1, -0.05) is 37.3 Å². The van der Waals surface area contributed by atoms with E-state index in [-0.39, 0.29) is 0 Å². The molecule has 3 nitrogen and oxygen atoms in total. The Labute approximate surface area is 95.6 Å². The van der Waals surface area contributed by atoms with Crippen LogP contribution < -0.4 is 5.32 Å². The summed E-state index contributed by atoms with van der Waals surface area (Å²) >= 11 is 0. The zero-order valence-electron chi connectivity index (χ0n) is 9.35. The summed E-state index contributed by atoms with van der Waals surface area (Å²) in [7, 11) is 0. The largest absolute Gasteiger partial charge is 0.311 e. The van der Waals surface area contributed by atoms with Gasteiger partial charge >= 0.3 is 0 Å². The van der Waals surface area contributed by atoms with Gasteiger partial charge in [-0.15, -0.1) is 0 Å². The van der Waals surface area contributed by atoms with Crippen LogP contribution in [0.25, 0.3) is 11.4 Å². The summed E-state index contributed by atoms with van der Waals surface area (Å²) in [5.74, 6) is 0.788. The second-order valence-electron chi connectivity index (χ2n) is 3.52. The highest BCUT2D eigenvalue weighted by molar-refractivity contribution is 5.54. The lowest BCUT2D eigenvalue weighted by molar-refractivity contribution is 0.709. The molecule has 82 valence electrons. The predicted octanol–water partition coefficient (Wildman–Crippen LogP) is 2.25. The molecule has 0 atom stereocenters. The fourth-order valence-electron chi connectivity index (χ4n) is 1.47. The van der Waals surface area contributed by atoms with E-state index < -0.39 is 0 Å². The van der Waals surface area contributed by atoms with Gasteiger partial charge in [-0.3, -0.25) is 0 Å². The van der Waals surface area contributed by atoms with E-state index >= 15 is 0 Å². The molecule has 0 aliphatic rings. The van der Waals surface area contributed by atoms with Crippen LogP contribution in [0.4, 0.5) is 0 Å². The first-order chi connectivity index (χ1) is 7.90. The number of aromatic nitrogens is 2. The average Bonchev–Trinajstić information content (AvgIpc) is 2.38. The van der Waals surface area contributed by atoms with Gasteiger partial charge in [0.1, 0.15) is 0 Å². The Balaban J connectivity index is 2.22. The van der Waals surface area contributed by atoms with Crippen LogP contribution in [0.15, 0.2) is 42.6 Å². The number of nitrogens with zero attached hydrogens (tertiary/aromatic N) is 2. The summed E-state index contributed by atoms with van der Waals surface area (Å²) in [5, 5.41) is 3.25. The van der Waals surface area contributed by atoms with Crippen LogP contribution in [0, 0.1) is 0 Å². The molecule has 1 aromatic carbocycles. The number of hydrogen-bond acceptors (Lipinski definition) is 3. The van der Waals surface area contributed by atoms with Gasteiger partial charge in [-0.25, -0.2) is 9.97 Å². The quantitative estimate of drug-likeness (QED) is 0.846. The van der Waals surface area contributed by atoms with E-state index in [4.69, 9.17) is 0 Å². The highest BCUT2D eigenvalue weighted by atomic mass is 14.9. The Kier molecular flexibility index (Phi) is 3.62. The SMILES string of the molecule is CCNCc1ccnc(-c2ccccc2)n1. The summed E-state index contributed by atoms with van der Waals surface area (Å²) in [4.78, 5) is 8.79. The lowest BCUT2D eigenvalue weighted by Crippen LogP contribution is -2.13. The average molecular weight is 213 g/mol. The Morgan fingerprint density at radius 1 is 1.12 bits per heavy atom. The summed E-state index contributed by atoms with van der Waals surface area (Å²) < 4.78 is 0. The van der Waals surface area contributed by atoms with Gasteiger partial charge < -0.3 is 5.32 Å². The van der Waals surface area contributed by atoms with Crippen molar-refractivity contribution < 1.29 is 0 Å². The van der Waals surface area contributed by atoms with Crippen molar-refractivity contribution in [3.05, 3.63) is 48.3 Å². The minimum Gasteiger partial charge on any atom is -0.311 e. The highest BCUT2D eigenvalue weighted by Gasteiger charge is 2.01. The maximum Gasteiger partial charge on any atom is 0.159 e. The van der Waals surface area contributed by atoms with Gasteiger partial charge in [0.25, 0.3) is 0 Å². The molecule has 0 amide bonds. The normalized spacial score (nSPS) is 10.3. The summed E-state index contributed by atoms with van der Waals surface area (Å²) in [6.07, 6.45) is 1.81. The fraction of sp³-hybridized carbons (Fsp3) is 0.231. The molecule has 16 heavy (non-hydrogen) atoms. The number of nitrogens with one attached hydrogen (secondary N) is 1. The molecule has 2 rings (SSSR count). The standard InChI is InChI=1S/C13H15N3/c1-2-14-10-12-8-9-15-13(16-12)11-6-4-3-5-7-11/h3-9,14H,2,10H2,1H3. The predicted molar refractivity (Wildman–Crippen MR) is 64.8 cm³/mol. The van der Waals surface area contributed by atoms with E-state index in [1.807, 2.05) is 42.6 Å². The molecule has 1 heterocycles. The summed E-state index contributed by atoms with van der Waals surface area (Å²) in [6.45, 7) is 3.82. The smallest absolute Gasteiger partial charge is 0.159 e. The van der Waals surface area contributed by atoms with Crippen molar-refractivity contribution in [1.82, 2.24) is 15.3 Å². The van der Waals surface area contributed by atoms with Crippen molar-refractivity contribution >= 4 is 0 Å². The molecule has 0 aliphatic heterocycles. The molecular formula is C13H15N3. The van der Waals surface area contributed by atoms with E-state index in [1.54, 1.807) is 0 Å². The number of benzene rings is 1. The maximum absolute atomic E-state index is 4.51. The first-order valence-corrected chi connectivity index (χ1v) is 5.48. The van der Waals surface area contributed by atoms with Gasteiger partial charge in [-0.2, -0.15) is 0 Å². The molecule has 0 saturated carbocycles. The van der Waals surface area contributed by atoms with Crippen molar-refractivity contribution in [2.45, 2.75) is 13.5 Å². The third-order valence-corrected chi connectivity index (χ3v) is 2.30. The Hall–Kier alpha value is -1.74. The molecule has 0 bridgehead atoms. The van der Waals surface area contributed by atoms with Gasteiger partial charge in [0, 0.05) is 18.3 Å². The summed E-state index contributed by atoms with van der Waals surface area (Å²) in [6, 6.07) is 12.0. The van der Waals surface area contributed by atoms with E-state index in [9.17, 15) is 0 Å². The molecule has 0 radical (unpaired) electrons. The van der Waals surface area contributed by atoms with Crippen LogP contribution in [-0.4, -0.2) is 16.5 Å². The van der Waals surface area contributed by atoms with Crippen LogP contribution in [0.1, 0.15) is 12.6 Å². The summed E-state index contributed by atoms with van der Waals surface area (Å²) in [5.41, 5.74) is 2.08. The zero-order valence-corrected chi connectivity index (χ0v) is 9.35. The van der Waals surface area contributed by atoms with Crippen LogP contribution in [0.3, 0.4) is 0 Å². The first-order valence-electron chi connectivity index (χ1n) is 5.48. The number of rotatable bonds is 4. The second kappa shape index (κ2) is 5.37. The monoisotopic (exact) mass is 213 g/mol. The Morgan fingerprint density at radius 2 is 1.94 bits per heavy atom. The molecule has 3 heteroatoms. The van der Waals surface area contributed by atoms with Crippen LogP contribution in [0.2, 0.25) is 0 Å². The molecule has 0 aliphatic carbocycles. The third kappa shape index (κ3) is 2.64. The molecule has 0 fully saturated rings. The lowest BCUT2D eigenvalue weighted by atomic mass is 10.2. The van der Waals surface area contributed by atoms with Crippen LogP contribution in [-0.2, 0) is 6.54 Å². The second-order valence-corrected chi connectivity index (χ2v) is 3.52. The minimum atomic E-state index is 0.788. The Morgan fingerprint density at radius 3 is 2.69 bits per heavy atom. The van der Waals surface area contributed by atoms with Gasteiger partial charge in [0.15, 0.2) is 5.82 Å². The third-order valence-electron chi connectivity index (χ3n) is 2.30. The molecule has 2 aromatic rings. The minimum absolute atomic E-state index is 0.788. The van der Waals surface area contributed by atoms with Gasteiger partial charge in [0.05, 0.1) is 5.69 Å². The van der Waals surface area contributed by atoms with E-state index in [1.165, 1.54) is 0 Å².